The predicted octanol–water partition coefficient (Wildman–Crippen LogP) is 12.2. The first-order chi connectivity index (χ1) is 28.7. The van der Waals surface area contributed by atoms with E-state index in [0.717, 1.165) is 69.8 Å². The molecule has 0 bridgehead atoms. The third kappa shape index (κ3) is 16.8. The molecule has 0 saturated heterocycles. The summed E-state index contributed by atoms with van der Waals surface area (Å²) in [6, 6.07) is 51.6. The molecular formula is C51H59N7Ti2. The van der Waals surface area contributed by atoms with Crippen LogP contribution in [0.4, 0.5) is 22.7 Å². The molecule has 6 N–H and O–H groups in total. The molecule has 5 aromatic rings. The summed E-state index contributed by atoms with van der Waals surface area (Å²) >= 11 is 0.0959. The largest absolute Gasteiger partial charge is 0 e. The zero-order valence-corrected chi connectivity index (χ0v) is 38.9. The Bertz CT molecular complexity index is 2080. The van der Waals surface area contributed by atoms with Crippen LogP contribution in [0, 0.1) is 0 Å². The molecule has 60 heavy (non-hydrogen) atoms. The van der Waals surface area contributed by atoms with Crippen molar-refractivity contribution in [1.29, 1.82) is 0 Å². The first kappa shape index (κ1) is 47.4. The third-order valence-electron chi connectivity index (χ3n) is 9.36. The summed E-state index contributed by atoms with van der Waals surface area (Å²) in [6.07, 6.45) is 10.4. The number of para-hydroxylation sites is 4. The van der Waals surface area contributed by atoms with Gasteiger partial charge in [-0.05, 0) is 88.4 Å². The summed E-state index contributed by atoms with van der Waals surface area (Å²) in [7, 11) is 4.31. The van der Waals surface area contributed by atoms with E-state index >= 15 is 0 Å². The second kappa shape index (κ2) is 26.0. The Hall–Kier alpha value is -5.27. The van der Waals surface area contributed by atoms with E-state index in [9.17, 15) is 0 Å². The Kier molecular flexibility index (Phi) is 20.6. The Morgan fingerprint density at radius 1 is 0.467 bits per heavy atom. The van der Waals surface area contributed by atoms with E-state index in [4.69, 9.17) is 0 Å². The van der Waals surface area contributed by atoms with E-state index in [0.29, 0.717) is 0 Å². The zero-order chi connectivity index (χ0) is 41.7. The molecule has 9 heteroatoms. The minimum absolute atomic E-state index is 0. The number of nitrogens with zero attached hydrogens (tertiary/aromatic N) is 1. The summed E-state index contributed by atoms with van der Waals surface area (Å²) in [5.41, 5.74) is 14.9. The molecule has 2 heterocycles. The van der Waals surface area contributed by atoms with Crippen molar-refractivity contribution in [2.45, 2.75) is 45.3 Å². The molecule has 0 amide bonds. The molecular weight excluding hydrogens is 806 g/mol. The van der Waals surface area contributed by atoms with E-state index in [2.05, 4.69) is 180 Å². The Morgan fingerprint density at radius 2 is 0.767 bits per heavy atom. The second-order valence-corrected chi connectivity index (χ2v) is 16.9. The smallest absolute Gasteiger partial charge is 0 e. The van der Waals surface area contributed by atoms with Crippen molar-refractivity contribution in [2.24, 2.45) is 0 Å². The summed E-state index contributed by atoms with van der Waals surface area (Å²) in [6.45, 7) is 8.38. The van der Waals surface area contributed by atoms with Crippen molar-refractivity contribution >= 4 is 22.7 Å². The topological polar surface area (TPSA) is 75.4 Å². The van der Waals surface area contributed by atoms with Crippen LogP contribution in [0.2, 0.25) is 0 Å². The molecule has 5 aromatic carbocycles. The maximum absolute atomic E-state index is 3.54. The average Bonchev–Trinajstić information content (AvgIpc) is 3.28. The minimum Gasteiger partial charge on any atom is 0 e. The quantitative estimate of drug-likeness (QED) is 0.0739. The van der Waals surface area contributed by atoms with Gasteiger partial charge in [-0.15, -0.1) is 0 Å². The van der Waals surface area contributed by atoms with Crippen LogP contribution in [0.15, 0.2) is 222 Å². The summed E-state index contributed by atoms with van der Waals surface area (Å²) in [5.74, 6) is 0. The van der Waals surface area contributed by atoms with Crippen LogP contribution in [-0.4, -0.2) is 17.5 Å². The van der Waals surface area contributed by atoms with Crippen LogP contribution in [0.1, 0.15) is 46.1 Å². The molecule has 0 atom stereocenters. The molecule has 0 radical (unpaired) electrons. The van der Waals surface area contributed by atoms with E-state index in [1.165, 1.54) is 21.7 Å². The Balaban J connectivity index is 0.000000210. The van der Waals surface area contributed by atoms with Gasteiger partial charge in [0.2, 0.25) is 0 Å². The number of allylic oxidation sites excluding steroid dienone is 8. The molecule has 2 aliphatic heterocycles. The van der Waals surface area contributed by atoms with E-state index in [-0.39, 0.29) is 41.1 Å². The van der Waals surface area contributed by atoms with Crippen LogP contribution in [-0.2, 0) is 45.9 Å². The van der Waals surface area contributed by atoms with Crippen molar-refractivity contribution in [3.05, 3.63) is 227 Å². The molecule has 0 aliphatic carbocycles. The van der Waals surface area contributed by atoms with Gasteiger partial charge in [0.25, 0.3) is 0 Å². The SMILES string of the molecule is CC(Nc1ccccc1)=C1C=CCC(=C(C)Nc2ccccc2)N1.CC(Nc1ccccc1)=C1C=CCC(=C(C)Nc2ccccc2)N1.C[N](C)[Ti][CH2]c1ccccc1.[Ti]. The predicted molar refractivity (Wildman–Crippen MR) is 249 cm³/mol. The first-order valence-electron chi connectivity index (χ1n) is 20.1. The summed E-state index contributed by atoms with van der Waals surface area (Å²) in [4.78, 5) is 0. The zero-order valence-electron chi connectivity index (χ0n) is 35.8. The van der Waals surface area contributed by atoms with Crippen LogP contribution < -0.4 is 31.9 Å². The number of rotatable bonds is 11. The maximum atomic E-state index is 3.54. The minimum atomic E-state index is 0. The number of benzene rings is 5. The molecule has 0 saturated carbocycles. The number of anilines is 4. The van der Waals surface area contributed by atoms with Crippen LogP contribution in [0.5, 0.6) is 0 Å². The molecule has 0 aromatic heterocycles. The standard InChI is InChI=1S/2C21H23N3.C7H7.C2H6N.2Ti/c2*1-16(22-18-10-5-3-6-11-18)20-14-9-15-21(24-20)17(2)23-19-12-7-4-8-13-19;1-7-5-3-2-4-6-7;1-3-2;;/h2*3-14,22-24H,15H2,1-2H3;2-6H,1H2;1-2H3;;/q;;;-1;;+1. The van der Waals surface area contributed by atoms with Crippen molar-refractivity contribution in [3.63, 3.8) is 0 Å². The molecule has 0 unspecified atom stereocenters. The normalized spacial score (nSPS) is 16.1. The molecule has 2 aliphatic rings. The van der Waals surface area contributed by atoms with Gasteiger partial charge in [-0.2, -0.15) is 0 Å². The Morgan fingerprint density at radius 3 is 1.08 bits per heavy atom. The van der Waals surface area contributed by atoms with Gasteiger partial charge in [0, 0.05) is 91.5 Å². The third-order valence-corrected chi connectivity index (χ3v) is 11.2. The molecule has 7 rings (SSSR count). The van der Waals surface area contributed by atoms with Crippen molar-refractivity contribution in [2.75, 3.05) is 35.4 Å². The number of nitrogens with one attached hydrogen (secondary N) is 6. The summed E-state index contributed by atoms with van der Waals surface area (Å²) < 4.78 is 3.60. The van der Waals surface area contributed by atoms with Gasteiger partial charge in [-0.1, -0.05) is 84.9 Å². The first-order valence-corrected chi connectivity index (χ1v) is 21.9. The van der Waals surface area contributed by atoms with Crippen molar-refractivity contribution in [1.82, 2.24) is 14.0 Å². The summed E-state index contributed by atoms with van der Waals surface area (Å²) in [5, 5.41) is 20.9. The van der Waals surface area contributed by atoms with Crippen LogP contribution >= 0.6 is 0 Å². The molecule has 0 spiro atoms. The van der Waals surface area contributed by atoms with E-state index in [1.54, 1.807) is 0 Å². The number of hydrogen-bond donors (Lipinski definition) is 6. The van der Waals surface area contributed by atoms with E-state index < -0.39 is 0 Å². The van der Waals surface area contributed by atoms with Gasteiger partial charge >= 0.3 is 77.5 Å². The monoisotopic (exact) mass is 865 g/mol. The van der Waals surface area contributed by atoms with Crippen LogP contribution in [0.25, 0.3) is 0 Å². The molecule has 7 nitrogen and oxygen atoms in total. The van der Waals surface area contributed by atoms with Gasteiger partial charge < -0.3 is 31.9 Å². The fourth-order valence-electron chi connectivity index (χ4n) is 6.11. The molecule has 306 valence electrons. The average molecular weight is 866 g/mol. The van der Waals surface area contributed by atoms with Crippen molar-refractivity contribution < 1.29 is 41.1 Å². The van der Waals surface area contributed by atoms with Crippen molar-refractivity contribution in [3.8, 4) is 0 Å². The maximum Gasteiger partial charge on any atom is 0 e. The molecule has 0 fully saturated rings. The van der Waals surface area contributed by atoms with Gasteiger partial charge in [0.05, 0.1) is 11.4 Å². The fourth-order valence-corrected chi connectivity index (χ4v) is 7.26. The van der Waals surface area contributed by atoms with Crippen LogP contribution in [0.3, 0.4) is 0 Å². The van der Waals surface area contributed by atoms with Gasteiger partial charge in [-0.3, -0.25) is 0 Å². The Labute approximate surface area is 383 Å². The van der Waals surface area contributed by atoms with E-state index in [1.807, 2.05) is 72.8 Å². The van der Waals surface area contributed by atoms with Gasteiger partial charge in [0.1, 0.15) is 0 Å². The number of hydrogen-bond acceptors (Lipinski definition) is 7. The van der Waals surface area contributed by atoms with Gasteiger partial charge in [0.15, 0.2) is 0 Å². The fraction of sp³-hybridized carbons (Fsp3) is 0.176. The van der Waals surface area contributed by atoms with Gasteiger partial charge in [-0.25, -0.2) is 0 Å². The second-order valence-electron chi connectivity index (χ2n) is 14.4.